The van der Waals surface area contributed by atoms with Gasteiger partial charge in [-0.3, -0.25) is 9.59 Å². The summed E-state index contributed by atoms with van der Waals surface area (Å²) in [6.07, 6.45) is 0. The SMILES string of the molecule is COc1ccc(NC2=C(c3ccc(C)cc3)C(=O)N(c3ccc(C)c(Cl)c3)C2=O)cc1Cl. The Morgan fingerprint density at radius 2 is 1.56 bits per heavy atom. The summed E-state index contributed by atoms with van der Waals surface area (Å²) in [5, 5.41) is 3.96. The van der Waals surface area contributed by atoms with Crippen molar-refractivity contribution in [2.24, 2.45) is 0 Å². The van der Waals surface area contributed by atoms with Crippen molar-refractivity contribution in [3.05, 3.63) is 93.1 Å². The first kappa shape index (κ1) is 21.9. The minimum Gasteiger partial charge on any atom is -0.495 e. The summed E-state index contributed by atoms with van der Waals surface area (Å²) in [6.45, 7) is 3.81. The lowest BCUT2D eigenvalue weighted by atomic mass is 10.0. The molecule has 162 valence electrons. The number of halogens is 2. The van der Waals surface area contributed by atoms with E-state index in [0.717, 1.165) is 16.0 Å². The lowest BCUT2D eigenvalue weighted by Gasteiger charge is -2.16. The molecule has 1 aliphatic heterocycles. The van der Waals surface area contributed by atoms with Crippen LogP contribution >= 0.6 is 23.2 Å². The predicted molar refractivity (Wildman–Crippen MR) is 128 cm³/mol. The molecule has 0 bridgehead atoms. The minimum atomic E-state index is -0.475. The van der Waals surface area contributed by atoms with E-state index in [4.69, 9.17) is 27.9 Å². The first-order valence-electron chi connectivity index (χ1n) is 9.87. The van der Waals surface area contributed by atoms with Gasteiger partial charge in [-0.2, -0.15) is 0 Å². The molecular formula is C25H20Cl2N2O3. The summed E-state index contributed by atoms with van der Waals surface area (Å²) in [5.41, 5.74) is 3.94. The Kier molecular flexibility index (Phi) is 5.96. The summed E-state index contributed by atoms with van der Waals surface area (Å²) >= 11 is 12.5. The number of aryl methyl sites for hydroxylation is 2. The molecule has 0 radical (unpaired) electrons. The van der Waals surface area contributed by atoms with Gasteiger partial charge in [0.25, 0.3) is 11.8 Å². The smallest absolute Gasteiger partial charge is 0.282 e. The number of rotatable bonds is 5. The second kappa shape index (κ2) is 8.69. The second-order valence-electron chi connectivity index (χ2n) is 7.47. The summed E-state index contributed by atoms with van der Waals surface area (Å²) in [5.74, 6) is -0.395. The van der Waals surface area contributed by atoms with Crippen molar-refractivity contribution in [2.45, 2.75) is 13.8 Å². The molecule has 1 N–H and O–H groups in total. The standard InChI is InChI=1S/C25H20Cl2N2O3/c1-14-4-7-16(8-5-14)22-23(28-17-9-11-21(32-3)20(27)12-17)25(31)29(24(22)30)18-10-6-15(2)19(26)13-18/h4-13,28H,1-3H3. The van der Waals surface area contributed by atoms with Crippen molar-refractivity contribution in [1.82, 2.24) is 0 Å². The summed E-state index contributed by atoms with van der Waals surface area (Å²) in [4.78, 5) is 28.1. The number of nitrogens with one attached hydrogen (secondary N) is 1. The molecule has 0 fully saturated rings. The van der Waals surface area contributed by atoms with Crippen molar-refractivity contribution >= 4 is 52.0 Å². The summed E-state index contributed by atoms with van der Waals surface area (Å²) < 4.78 is 5.19. The van der Waals surface area contributed by atoms with Crippen LogP contribution in [-0.4, -0.2) is 18.9 Å². The number of hydrogen-bond donors (Lipinski definition) is 1. The number of anilines is 2. The third-order valence-electron chi connectivity index (χ3n) is 5.26. The highest BCUT2D eigenvalue weighted by molar-refractivity contribution is 6.46. The number of hydrogen-bond acceptors (Lipinski definition) is 4. The summed E-state index contributed by atoms with van der Waals surface area (Å²) in [7, 11) is 1.52. The van der Waals surface area contributed by atoms with Crippen LogP contribution in [0.5, 0.6) is 5.75 Å². The van der Waals surface area contributed by atoms with Gasteiger partial charge < -0.3 is 10.1 Å². The largest absolute Gasteiger partial charge is 0.495 e. The van der Waals surface area contributed by atoms with E-state index in [2.05, 4.69) is 5.32 Å². The number of benzene rings is 3. The van der Waals surface area contributed by atoms with Crippen molar-refractivity contribution in [3.8, 4) is 5.75 Å². The maximum atomic E-state index is 13.5. The van der Waals surface area contributed by atoms with E-state index >= 15 is 0 Å². The van der Waals surface area contributed by atoms with Crippen LogP contribution in [-0.2, 0) is 9.59 Å². The van der Waals surface area contributed by atoms with Gasteiger partial charge in [0.1, 0.15) is 11.4 Å². The van der Waals surface area contributed by atoms with E-state index < -0.39 is 11.8 Å². The summed E-state index contributed by atoms with van der Waals surface area (Å²) in [6, 6.07) is 17.6. The number of nitrogens with zero attached hydrogens (tertiary/aromatic N) is 1. The monoisotopic (exact) mass is 466 g/mol. The fourth-order valence-electron chi connectivity index (χ4n) is 3.48. The lowest BCUT2D eigenvalue weighted by molar-refractivity contribution is -0.120. The third-order valence-corrected chi connectivity index (χ3v) is 5.96. The lowest BCUT2D eigenvalue weighted by Crippen LogP contribution is -2.32. The highest BCUT2D eigenvalue weighted by Gasteiger charge is 2.40. The molecule has 0 spiro atoms. The van der Waals surface area contributed by atoms with Gasteiger partial charge in [-0.25, -0.2) is 4.90 Å². The topological polar surface area (TPSA) is 58.6 Å². The number of amides is 2. The van der Waals surface area contributed by atoms with Crippen molar-refractivity contribution in [2.75, 3.05) is 17.3 Å². The molecule has 0 unspecified atom stereocenters. The third kappa shape index (κ3) is 3.97. The Morgan fingerprint density at radius 1 is 0.844 bits per heavy atom. The normalized spacial score (nSPS) is 13.7. The Hall–Kier alpha value is -3.28. The molecule has 0 aromatic heterocycles. The molecule has 0 saturated heterocycles. The molecule has 0 atom stereocenters. The molecule has 1 aliphatic rings. The number of ether oxygens (including phenoxy) is 1. The van der Waals surface area contributed by atoms with Gasteiger partial charge in [0.2, 0.25) is 0 Å². The van der Waals surface area contributed by atoms with E-state index in [1.54, 1.807) is 36.4 Å². The maximum absolute atomic E-state index is 13.5. The Morgan fingerprint density at radius 3 is 2.19 bits per heavy atom. The zero-order valence-corrected chi connectivity index (χ0v) is 19.2. The van der Waals surface area contributed by atoms with Gasteiger partial charge in [-0.05, 0) is 55.3 Å². The van der Waals surface area contributed by atoms with Gasteiger partial charge in [-0.15, -0.1) is 0 Å². The van der Waals surface area contributed by atoms with Crippen LogP contribution in [0.4, 0.5) is 11.4 Å². The fourth-order valence-corrected chi connectivity index (χ4v) is 3.91. The molecule has 0 aliphatic carbocycles. The van der Waals surface area contributed by atoms with E-state index in [9.17, 15) is 9.59 Å². The van der Waals surface area contributed by atoms with Crippen molar-refractivity contribution < 1.29 is 14.3 Å². The maximum Gasteiger partial charge on any atom is 0.282 e. The van der Waals surface area contributed by atoms with E-state index in [-0.39, 0.29) is 11.3 Å². The highest BCUT2D eigenvalue weighted by Crippen LogP contribution is 2.36. The number of carbonyl (C=O) groups excluding carboxylic acids is 2. The van der Waals surface area contributed by atoms with Crippen LogP contribution < -0.4 is 15.0 Å². The zero-order chi connectivity index (χ0) is 23.0. The molecule has 2 amide bonds. The minimum absolute atomic E-state index is 0.164. The molecule has 32 heavy (non-hydrogen) atoms. The number of methoxy groups -OCH3 is 1. The van der Waals surface area contributed by atoms with Gasteiger partial charge in [-0.1, -0.05) is 59.1 Å². The quantitative estimate of drug-likeness (QED) is 0.467. The molecule has 4 rings (SSSR count). The van der Waals surface area contributed by atoms with Crippen LogP contribution in [0.1, 0.15) is 16.7 Å². The molecule has 3 aromatic rings. The second-order valence-corrected chi connectivity index (χ2v) is 8.28. The zero-order valence-electron chi connectivity index (χ0n) is 17.7. The van der Waals surface area contributed by atoms with Gasteiger partial charge >= 0.3 is 0 Å². The predicted octanol–water partition coefficient (Wildman–Crippen LogP) is 6.02. The molecule has 7 heteroatoms. The van der Waals surface area contributed by atoms with E-state index in [0.29, 0.717) is 32.7 Å². The fraction of sp³-hybridized carbons (Fsp3) is 0.120. The van der Waals surface area contributed by atoms with Gasteiger partial charge in [0, 0.05) is 10.7 Å². The molecule has 0 saturated carbocycles. The van der Waals surface area contributed by atoms with E-state index in [1.165, 1.54) is 7.11 Å². The first-order chi connectivity index (χ1) is 15.3. The van der Waals surface area contributed by atoms with Crippen LogP contribution in [0, 0.1) is 13.8 Å². The van der Waals surface area contributed by atoms with E-state index in [1.807, 2.05) is 38.1 Å². The number of imide groups is 1. The van der Waals surface area contributed by atoms with Crippen LogP contribution in [0.25, 0.3) is 5.57 Å². The molecule has 5 nitrogen and oxygen atoms in total. The van der Waals surface area contributed by atoms with Crippen LogP contribution in [0.2, 0.25) is 10.0 Å². The van der Waals surface area contributed by atoms with Crippen molar-refractivity contribution in [3.63, 3.8) is 0 Å². The van der Waals surface area contributed by atoms with Gasteiger partial charge in [0.15, 0.2) is 0 Å². The number of carbonyl (C=O) groups is 2. The van der Waals surface area contributed by atoms with Crippen molar-refractivity contribution in [1.29, 1.82) is 0 Å². The Bertz CT molecular complexity index is 1270. The highest BCUT2D eigenvalue weighted by atomic mass is 35.5. The molecule has 1 heterocycles. The average molecular weight is 467 g/mol. The molecular weight excluding hydrogens is 447 g/mol. The Labute approximate surface area is 196 Å². The Balaban J connectivity index is 1.81. The first-order valence-corrected chi connectivity index (χ1v) is 10.6. The van der Waals surface area contributed by atoms with Crippen LogP contribution in [0.15, 0.2) is 66.4 Å². The average Bonchev–Trinajstić information content (AvgIpc) is 3.00. The van der Waals surface area contributed by atoms with Crippen LogP contribution in [0.3, 0.4) is 0 Å². The van der Waals surface area contributed by atoms with Gasteiger partial charge in [0.05, 0.1) is 23.4 Å². The molecule has 3 aromatic carbocycles.